The second kappa shape index (κ2) is 5.54. The third kappa shape index (κ3) is 2.93. The zero-order valence-corrected chi connectivity index (χ0v) is 11.9. The third-order valence-electron chi connectivity index (χ3n) is 2.85. The summed E-state index contributed by atoms with van der Waals surface area (Å²) in [4.78, 5) is -0.167. The van der Waals surface area contributed by atoms with Crippen LogP contribution < -0.4 is 11.1 Å². The van der Waals surface area contributed by atoms with Gasteiger partial charge in [-0.25, -0.2) is 8.78 Å². The van der Waals surface area contributed by atoms with Gasteiger partial charge in [-0.15, -0.1) is 0 Å². The summed E-state index contributed by atoms with van der Waals surface area (Å²) in [6, 6.07) is 8.49. The van der Waals surface area contributed by atoms with E-state index in [-0.39, 0.29) is 16.2 Å². The molecule has 0 unspecified atom stereocenters. The Balaban J connectivity index is 2.39. The van der Waals surface area contributed by atoms with Crippen molar-refractivity contribution in [3.8, 4) is 0 Å². The van der Waals surface area contributed by atoms with Crippen LogP contribution in [0.5, 0.6) is 0 Å². The number of nitrogens with one attached hydrogen (secondary N) is 1. The maximum atomic E-state index is 14.0. The molecule has 20 heavy (non-hydrogen) atoms. The number of halogens is 2. The van der Waals surface area contributed by atoms with Gasteiger partial charge in [-0.3, -0.25) is 0 Å². The second-order valence-corrected chi connectivity index (χ2v) is 5.09. The maximum absolute atomic E-state index is 14.0. The largest absolute Gasteiger partial charge is 0.389 e. The zero-order valence-electron chi connectivity index (χ0n) is 11.1. The van der Waals surface area contributed by atoms with Gasteiger partial charge in [-0.05, 0) is 49.2 Å². The number of aryl methyl sites for hydroxylation is 2. The highest BCUT2D eigenvalue weighted by Gasteiger charge is 2.15. The Hall–Kier alpha value is -2.01. The van der Waals surface area contributed by atoms with Crippen molar-refractivity contribution >= 4 is 28.6 Å². The molecule has 0 amide bonds. The van der Waals surface area contributed by atoms with E-state index in [1.165, 1.54) is 12.1 Å². The minimum absolute atomic E-state index is 0.0486. The zero-order chi connectivity index (χ0) is 14.9. The van der Waals surface area contributed by atoms with E-state index in [1.54, 1.807) is 0 Å². The monoisotopic (exact) mass is 292 g/mol. The van der Waals surface area contributed by atoms with Crippen LogP contribution in [0, 0.1) is 25.5 Å². The molecule has 104 valence electrons. The van der Waals surface area contributed by atoms with Crippen molar-refractivity contribution in [2.45, 2.75) is 13.8 Å². The fourth-order valence-corrected chi connectivity index (χ4v) is 2.20. The topological polar surface area (TPSA) is 38.0 Å². The number of hydrogen-bond donors (Lipinski definition) is 2. The van der Waals surface area contributed by atoms with Gasteiger partial charge in [-0.1, -0.05) is 18.3 Å². The number of benzene rings is 2. The molecule has 0 saturated heterocycles. The molecule has 5 heteroatoms. The SMILES string of the molecule is Cc1cc(C)cc(Nc2ccc(C(N)=S)c(F)c2F)c1. The maximum Gasteiger partial charge on any atom is 0.182 e. The van der Waals surface area contributed by atoms with Crippen LogP contribution in [0.4, 0.5) is 20.2 Å². The van der Waals surface area contributed by atoms with Gasteiger partial charge >= 0.3 is 0 Å². The molecule has 0 radical (unpaired) electrons. The van der Waals surface area contributed by atoms with E-state index in [4.69, 9.17) is 5.73 Å². The van der Waals surface area contributed by atoms with Crippen molar-refractivity contribution < 1.29 is 8.78 Å². The molecule has 0 fully saturated rings. The van der Waals surface area contributed by atoms with Crippen molar-refractivity contribution in [1.82, 2.24) is 0 Å². The summed E-state index contributed by atoms with van der Waals surface area (Å²) in [5.74, 6) is -2.03. The molecule has 0 spiro atoms. The van der Waals surface area contributed by atoms with E-state index in [0.29, 0.717) is 5.69 Å². The summed E-state index contributed by atoms with van der Waals surface area (Å²) in [5.41, 5.74) is 8.05. The van der Waals surface area contributed by atoms with Crippen LogP contribution in [-0.4, -0.2) is 4.99 Å². The number of hydrogen-bond acceptors (Lipinski definition) is 2. The van der Waals surface area contributed by atoms with E-state index < -0.39 is 11.6 Å². The molecule has 2 nitrogen and oxygen atoms in total. The van der Waals surface area contributed by atoms with Crippen molar-refractivity contribution in [2.75, 3.05) is 5.32 Å². The quantitative estimate of drug-likeness (QED) is 0.841. The fraction of sp³-hybridized carbons (Fsp3) is 0.133. The van der Waals surface area contributed by atoms with Crippen LogP contribution in [0.25, 0.3) is 0 Å². The molecule has 0 aromatic heterocycles. The van der Waals surface area contributed by atoms with Gasteiger partial charge in [0.15, 0.2) is 11.6 Å². The van der Waals surface area contributed by atoms with Gasteiger partial charge in [0.25, 0.3) is 0 Å². The molecular weight excluding hydrogens is 278 g/mol. The Morgan fingerprint density at radius 2 is 1.65 bits per heavy atom. The van der Waals surface area contributed by atoms with E-state index in [9.17, 15) is 8.78 Å². The van der Waals surface area contributed by atoms with Gasteiger partial charge in [0.2, 0.25) is 0 Å². The van der Waals surface area contributed by atoms with Crippen molar-refractivity contribution in [3.05, 3.63) is 58.7 Å². The number of thiocarbonyl (C=S) groups is 1. The van der Waals surface area contributed by atoms with E-state index in [2.05, 4.69) is 17.5 Å². The second-order valence-electron chi connectivity index (χ2n) is 4.65. The Kier molecular flexibility index (Phi) is 3.99. The third-order valence-corrected chi connectivity index (χ3v) is 3.07. The lowest BCUT2D eigenvalue weighted by atomic mass is 10.1. The highest BCUT2D eigenvalue weighted by Crippen LogP contribution is 2.25. The Labute approximate surface area is 121 Å². The summed E-state index contributed by atoms with van der Waals surface area (Å²) < 4.78 is 27.7. The highest BCUT2D eigenvalue weighted by molar-refractivity contribution is 7.80. The average Bonchev–Trinajstić information content (AvgIpc) is 2.33. The summed E-state index contributed by atoms with van der Waals surface area (Å²) in [6.45, 7) is 3.87. The first-order valence-electron chi connectivity index (χ1n) is 6.01. The smallest absolute Gasteiger partial charge is 0.182 e. The Bertz CT molecular complexity index is 664. The number of nitrogens with two attached hydrogens (primary N) is 1. The molecule has 2 aromatic rings. The standard InChI is InChI=1S/C15H14F2N2S/c1-8-5-9(2)7-10(6-8)19-12-4-3-11(15(18)20)13(16)14(12)17/h3-7,19H,1-2H3,(H2,18,20). The van der Waals surface area contributed by atoms with Gasteiger partial charge in [0, 0.05) is 11.3 Å². The summed E-state index contributed by atoms with van der Waals surface area (Å²) in [5, 5.41) is 2.86. The van der Waals surface area contributed by atoms with Crippen LogP contribution in [0.15, 0.2) is 30.3 Å². The Morgan fingerprint density at radius 3 is 2.20 bits per heavy atom. The minimum atomic E-state index is -1.04. The fourth-order valence-electron chi connectivity index (χ4n) is 2.04. The first-order chi connectivity index (χ1) is 9.38. The Morgan fingerprint density at radius 1 is 1.05 bits per heavy atom. The lowest BCUT2D eigenvalue weighted by Crippen LogP contribution is -2.13. The predicted molar refractivity (Wildman–Crippen MR) is 81.4 cm³/mol. The molecule has 0 saturated carbocycles. The molecular formula is C15H14F2N2S. The van der Waals surface area contributed by atoms with Gasteiger partial charge < -0.3 is 11.1 Å². The van der Waals surface area contributed by atoms with Crippen LogP contribution >= 0.6 is 12.2 Å². The van der Waals surface area contributed by atoms with Crippen LogP contribution in [0.3, 0.4) is 0 Å². The molecule has 3 N–H and O–H groups in total. The summed E-state index contributed by atoms with van der Waals surface area (Å²) in [6.07, 6.45) is 0. The summed E-state index contributed by atoms with van der Waals surface area (Å²) >= 11 is 4.67. The van der Waals surface area contributed by atoms with Gasteiger partial charge in [-0.2, -0.15) is 0 Å². The average molecular weight is 292 g/mol. The van der Waals surface area contributed by atoms with Crippen molar-refractivity contribution in [3.63, 3.8) is 0 Å². The molecule has 0 aliphatic heterocycles. The normalized spacial score (nSPS) is 10.4. The first-order valence-corrected chi connectivity index (χ1v) is 6.42. The molecule has 2 rings (SSSR count). The van der Waals surface area contributed by atoms with E-state index >= 15 is 0 Å². The van der Waals surface area contributed by atoms with Crippen LogP contribution in [0.2, 0.25) is 0 Å². The molecule has 0 heterocycles. The number of rotatable bonds is 3. The molecule has 0 bridgehead atoms. The summed E-state index contributed by atoms with van der Waals surface area (Å²) in [7, 11) is 0. The highest BCUT2D eigenvalue weighted by atomic mass is 32.1. The lowest BCUT2D eigenvalue weighted by molar-refractivity contribution is 0.510. The number of anilines is 2. The molecule has 0 aliphatic rings. The van der Waals surface area contributed by atoms with Gasteiger partial charge in [0.1, 0.15) is 4.99 Å². The van der Waals surface area contributed by atoms with E-state index in [1.807, 2.05) is 32.0 Å². The van der Waals surface area contributed by atoms with Crippen LogP contribution in [0.1, 0.15) is 16.7 Å². The molecule has 0 aliphatic carbocycles. The predicted octanol–water partition coefficient (Wildman–Crippen LogP) is 3.96. The van der Waals surface area contributed by atoms with Crippen LogP contribution in [-0.2, 0) is 0 Å². The molecule has 2 aromatic carbocycles. The van der Waals surface area contributed by atoms with Crippen molar-refractivity contribution in [2.24, 2.45) is 5.73 Å². The first kappa shape index (κ1) is 14.4. The lowest BCUT2D eigenvalue weighted by Gasteiger charge is -2.11. The minimum Gasteiger partial charge on any atom is -0.389 e. The molecule has 0 atom stereocenters. The van der Waals surface area contributed by atoms with Gasteiger partial charge in [0.05, 0.1) is 5.69 Å². The van der Waals surface area contributed by atoms with Crippen molar-refractivity contribution in [1.29, 1.82) is 0 Å². The van der Waals surface area contributed by atoms with E-state index in [0.717, 1.165) is 11.1 Å².